The number of nitrogens with zero attached hydrogens (tertiary/aromatic N) is 2. The molecule has 5 unspecified atom stereocenters. The third kappa shape index (κ3) is 2.74. The summed E-state index contributed by atoms with van der Waals surface area (Å²) in [6.45, 7) is 3.73. The second kappa shape index (κ2) is 6.61. The van der Waals surface area contributed by atoms with Crippen molar-refractivity contribution in [3.63, 3.8) is 0 Å². The second-order valence-corrected chi connectivity index (χ2v) is 7.98. The van der Waals surface area contributed by atoms with Crippen molar-refractivity contribution in [2.75, 3.05) is 32.1 Å². The van der Waals surface area contributed by atoms with Crippen LogP contribution in [0, 0.1) is 11.8 Å². The lowest BCUT2D eigenvalue weighted by atomic mass is 9.67. The Hall–Kier alpha value is -1.59. The number of fused-ring (bicyclic) bond motifs is 3. The lowest BCUT2D eigenvalue weighted by Crippen LogP contribution is -2.61. The summed E-state index contributed by atoms with van der Waals surface area (Å²) in [7, 11) is 4.23. The van der Waals surface area contributed by atoms with Crippen molar-refractivity contribution >= 4 is 11.6 Å². The van der Waals surface area contributed by atoms with Crippen molar-refractivity contribution in [2.24, 2.45) is 11.8 Å². The van der Waals surface area contributed by atoms with Crippen molar-refractivity contribution < 1.29 is 4.79 Å². The molecule has 25 heavy (non-hydrogen) atoms. The molecule has 5 nitrogen and oxygen atoms in total. The fraction of sp³-hybridized carbons (Fsp3) is 0.650. The van der Waals surface area contributed by atoms with E-state index in [1.54, 1.807) is 0 Å². The first-order valence-corrected chi connectivity index (χ1v) is 9.67. The average Bonchev–Trinajstić information content (AvgIpc) is 3.12. The minimum atomic E-state index is 0.117. The van der Waals surface area contributed by atoms with E-state index in [1.165, 1.54) is 24.1 Å². The zero-order valence-electron chi connectivity index (χ0n) is 15.5. The van der Waals surface area contributed by atoms with Crippen LogP contribution in [0.15, 0.2) is 24.3 Å². The predicted octanol–water partition coefficient (Wildman–Crippen LogP) is 1.96. The number of amides is 1. The van der Waals surface area contributed by atoms with Gasteiger partial charge in [-0.25, -0.2) is 0 Å². The molecule has 1 amide bonds. The van der Waals surface area contributed by atoms with E-state index in [0.29, 0.717) is 29.8 Å². The zero-order chi connectivity index (χ0) is 17.6. The molecule has 1 aromatic rings. The number of carbonyl (C=O) groups is 1. The van der Waals surface area contributed by atoms with Crippen LogP contribution in [0.5, 0.6) is 0 Å². The van der Waals surface area contributed by atoms with Crippen LogP contribution in [-0.2, 0) is 4.79 Å². The van der Waals surface area contributed by atoms with Crippen LogP contribution >= 0.6 is 0 Å². The van der Waals surface area contributed by atoms with Crippen LogP contribution in [0.1, 0.15) is 37.7 Å². The summed E-state index contributed by atoms with van der Waals surface area (Å²) in [6.07, 6.45) is 3.49. The molecule has 2 saturated heterocycles. The second-order valence-electron chi connectivity index (χ2n) is 7.98. The Morgan fingerprint density at radius 3 is 2.80 bits per heavy atom. The Bertz CT molecular complexity index is 646. The summed E-state index contributed by atoms with van der Waals surface area (Å²) in [5.74, 6) is 1.56. The Labute approximate surface area is 150 Å². The molecule has 2 N–H and O–H groups in total. The monoisotopic (exact) mass is 342 g/mol. The largest absolute Gasteiger partial charge is 0.377 e. The lowest BCUT2D eigenvalue weighted by Gasteiger charge is -2.50. The predicted molar refractivity (Wildman–Crippen MR) is 100 cm³/mol. The maximum atomic E-state index is 12.9. The smallest absolute Gasteiger partial charge is 0.228 e. The van der Waals surface area contributed by atoms with Crippen LogP contribution in [0.3, 0.4) is 0 Å². The molecule has 0 aromatic heterocycles. The molecule has 0 bridgehead atoms. The van der Waals surface area contributed by atoms with E-state index < -0.39 is 0 Å². The highest BCUT2D eigenvalue weighted by molar-refractivity contribution is 5.81. The Kier molecular flexibility index (Phi) is 4.46. The van der Waals surface area contributed by atoms with Gasteiger partial charge in [-0.3, -0.25) is 15.6 Å². The number of likely N-dealkylation sites (tertiary alicyclic amines) is 1. The average molecular weight is 342 g/mol. The van der Waals surface area contributed by atoms with E-state index >= 15 is 0 Å². The molecule has 0 spiro atoms. The molecule has 1 saturated carbocycles. The highest BCUT2D eigenvalue weighted by Gasteiger charge is 2.51. The number of benzene rings is 1. The van der Waals surface area contributed by atoms with Crippen molar-refractivity contribution in [1.29, 1.82) is 0 Å². The summed E-state index contributed by atoms with van der Waals surface area (Å²) >= 11 is 0. The maximum Gasteiger partial charge on any atom is 0.228 e. The van der Waals surface area contributed by atoms with E-state index in [1.807, 2.05) is 0 Å². The number of hydrazine groups is 1. The van der Waals surface area contributed by atoms with Gasteiger partial charge in [0.05, 0.1) is 5.92 Å². The summed E-state index contributed by atoms with van der Waals surface area (Å²) in [6, 6.07) is 9.43. The van der Waals surface area contributed by atoms with Gasteiger partial charge in [0.15, 0.2) is 0 Å². The number of carbonyl (C=O) groups excluding carboxylic acids is 1. The third-order valence-electron chi connectivity index (χ3n) is 6.55. The van der Waals surface area contributed by atoms with Crippen LogP contribution in [0.25, 0.3) is 0 Å². The van der Waals surface area contributed by atoms with Gasteiger partial charge in [-0.05, 0) is 49.7 Å². The number of rotatable bonds is 3. The van der Waals surface area contributed by atoms with Crippen molar-refractivity contribution in [3.8, 4) is 0 Å². The normalized spacial score (nSPS) is 34.6. The fourth-order valence-electron chi connectivity index (χ4n) is 5.40. The summed E-state index contributed by atoms with van der Waals surface area (Å²) in [5.41, 5.74) is 9.40. The quantitative estimate of drug-likeness (QED) is 0.882. The van der Waals surface area contributed by atoms with Gasteiger partial charge in [0.25, 0.3) is 0 Å². The van der Waals surface area contributed by atoms with Crippen LogP contribution < -0.4 is 15.8 Å². The van der Waals surface area contributed by atoms with Gasteiger partial charge in [0, 0.05) is 45.0 Å². The maximum absolute atomic E-state index is 12.9. The first-order chi connectivity index (χ1) is 12.1. The molecule has 4 rings (SSSR count). The van der Waals surface area contributed by atoms with Gasteiger partial charge in [-0.1, -0.05) is 18.2 Å². The first-order valence-electron chi connectivity index (χ1n) is 9.67. The summed E-state index contributed by atoms with van der Waals surface area (Å²) < 4.78 is 0. The number of nitrogens with one attached hydrogen (secondary N) is 2. The molecule has 2 aliphatic heterocycles. The molecule has 136 valence electrons. The molecule has 3 aliphatic rings. The van der Waals surface area contributed by atoms with Crippen molar-refractivity contribution in [2.45, 2.75) is 44.2 Å². The van der Waals surface area contributed by atoms with Gasteiger partial charge < -0.3 is 9.80 Å². The highest BCUT2D eigenvalue weighted by Crippen LogP contribution is 2.46. The first kappa shape index (κ1) is 16.9. The minimum absolute atomic E-state index is 0.117. The number of anilines is 1. The molecule has 5 atom stereocenters. The number of piperidine rings is 1. The van der Waals surface area contributed by atoms with Gasteiger partial charge in [-0.15, -0.1) is 0 Å². The molecule has 2 heterocycles. The summed E-state index contributed by atoms with van der Waals surface area (Å²) in [4.78, 5) is 17.3. The van der Waals surface area contributed by atoms with Gasteiger partial charge in [0.2, 0.25) is 5.91 Å². The number of hydrogen-bond acceptors (Lipinski definition) is 4. The van der Waals surface area contributed by atoms with E-state index in [0.717, 1.165) is 19.5 Å². The van der Waals surface area contributed by atoms with Crippen molar-refractivity contribution in [1.82, 2.24) is 15.8 Å². The van der Waals surface area contributed by atoms with E-state index in [4.69, 9.17) is 0 Å². The van der Waals surface area contributed by atoms with Crippen LogP contribution in [0.4, 0.5) is 5.69 Å². The highest BCUT2D eigenvalue weighted by atomic mass is 16.2. The molecule has 0 radical (unpaired) electrons. The molecular weight excluding hydrogens is 312 g/mol. The number of hydrogen-bond donors (Lipinski definition) is 2. The minimum Gasteiger partial charge on any atom is -0.377 e. The third-order valence-corrected chi connectivity index (χ3v) is 6.55. The van der Waals surface area contributed by atoms with Crippen LogP contribution in [-0.4, -0.2) is 50.1 Å². The zero-order valence-corrected chi connectivity index (χ0v) is 15.5. The molecule has 1 aliphatic carbocycles. The lowest BCUT2D eigenvalue weighted by molar-refractivity contribution is -0.146. The SMILES string of the molecule is CCN1C(=O)C2CNNC2C2CCC(c3ccccc3N(C)C)CC21. The van der Waals surface area contributed by atoms with Gasteiger partial charge >= 0.3 is 0 Å². The molecule has 5 heteroatoms. The van der Waals surface area contributed by atoms with Crippen molar-refractivity contribution in [3.05, 3.63) is 29.8 Å². The molecule has 3 fully saturated rings. The Morgan fingerprint density at radius 1 is 1.24 bits per heavy atom. The fourth-order valence-corrected chi connectivity index (χ4v) is 5.40. The van der Waals surface area contributed by atoms with Gasteiger partial charge in [0.1, 0.15) is 0 Å². The molecular formula is C20H30N4O. The topological polar surface area (TPSA) is 47.6 Å². The Balaban J connectivity index is 1.62. The van der Waals surface area contributed by atoms with E-state index in [2.05, 4.69) is 65.9 Å². The number of para-hydroxylation sites is 1. The van der Waals surface area contributed by atoms with E-state index in [-0.39, 0.29) is 5.92 Å². The molecule has 1 aromatic carbocycles. The van der Waals surface area contributed by atoms with Crippen LogP contribution in [0.2, 0.25) is 0 Å². The summed E-state index contributed by atoms with van der Waals surface area (Å²) in [5, 5.41) is 0. The Morgan fingerprint density at radius 2 is 2.04 bits per heavy atom. The van der Waals surface area contributed by atoms with E-state index in [9.17, 15) is 4.79 Å². The van der Waals surface area contributed by atoms with Gasteiger partial charge in [-0.2, -0.15) is 0 Å². The standard InChI is InChI=1S/C20H30N4O/c1-4-24-18-11-13(14-7-5-6-8-17(14)23(2)3)9-10-15(18)19-16(20(24)25)12-21-22-19/h5-8,13,15-16,18-19,21-22H,4,9-12H2,1-3H3.